The van der Waals surface area contributed by atoms with E-state index in [4.69, 9.17) is 0 Å². The zero-order valence-corrected chi connectivity index (χ0v) is 14.2. The lowest BCUT2D eigenvalue weighted by atomic mass is 10.0. The number of hydrogen-bond donors (Lipinski definition) is 1. The average molecular weight is 401 g/mol. The lowest BCUT2D eigenvalue weighted by molar-refractivity contribution is 1.52. The molecule has 0 unspecified atom stereocenters. The molecule has 3 aromatic carbocycles. The van der Waals surface area contributed by atoms with E-state index >= 15 is 0 Å². The Morgan fingerprint density at radius 1 is 0.714 bits per heavy atom. The van der Waals surface area contributed by atoms with Gasteiger partial charge in [0.15, 0.2) is 0 Å². The van der Waals surface area contributed by atoms with Crippen molar-refractivity contribution in [3.63, 3.8) is 0 Å². The highest BCUT2D eigenvalue weighted by atomic mass is 79.9. The molecule has 102 valence electrons. The minimum atomic E-state index is 1.08. The first-order valence-electron chi connectivity index (χ1n) is 6.69. The number of rotatable bonds is 1. The smallest absolute Gasteiger partial charge is 0.0544 e. The monoisotopic (exact) mass is 399 g/mol. The van der Waals surface area contributed by atoms with Crippen LogP contribution in [0.1, 0.15) is 0 Å². The third kappa shape index (κ3) is 2.12. The van der Waals surface area contributed by atoms with Crippen LogP contribution in [-0.4, -0.2) is 4.98 Å². The number of para-hydroxylation sites is 2. The Hall–Kier alpha value is -1.58. The standard InChI is InChI=1S/C18H11Br2N/c19-11-8-9-16(20)15(10-11)14-6-3-5-13-12-4-1-2-7-17(12)21-18(13)14/h1-10,21H. The number of fused-ring (bicyclic) bond motifs is 3. The minimum Gasteiger partial charge on any atom is -0.354 e. The second-order valence-corrected chi connectivity index (χ2v) is 6.79. The van der Waals surface area contributed by atoms with Crippen LogP contribution in [0.3, 0.4) is 0 Å². The fourth-order valence-corrected chi connectivity index (χ4v) is 3.62. The molecule has 0 bridgehead atoms. The number of halogens is 2. The first-order valence-corrected chi connectivity index (χ1v) is 8.27. The van der Waals surface area contributed by atoms with Crippen LogP contribution in [-0.2, 0) is 0 Å². The van der Waals surface area contributed by atoms with Crippen LogP contribution in [0.2, 0.25) is 0 Å². The summed E-state index contributed by atoms with van der Waals surface area (Å²) in [4.78, 5) is 3.56. The third-order valence-electron chi connectivity index (χ3n) is 3.76. The summed E-state index contributed by atoms with van der Waals surface area (Å²) >= 11 is 7.22. The van der Waals surface area contributed by atoms with Crippen LogP contribution in [0.4, 0.5) is 0 Å². The van der Waals surface area contributed by atoms with Crippen molar-refractivity contribution in [1.82, 2.24) is 4.98 Å². The van der Waals surface area contributed by atoms with E-state index in [0.29, 0.717) is 0 Å². The number of nitrogens with one attached hydrogen (secondary N) is 1. The molecule has 0 spiro atoms. The van der Waals surface area contributed by atoms with E-state index in [9.17, 15) is 0 Å². The highest BCUT2D eigenvalue weighted by Gasteiger charge is 2.11. The van der Waals surface area contributed by atoms with Gasteiger partial charge in [0.2, 0.25) is 0 Å². The maximum absolute atomic E-state index is 3.66. The molecule has 0 atom stereocenters. The molecule has 0 aliphatic rings. The first kappa shape index (κ1) is 13.1. The van der Waals surface area contributed by atoms with Crippen molar-refractivity contribution < 1.29 is 0 Å². The van der Waals surface area contributed by atoms with Gasteiger partial charge in [0.05, 0.1) is 5.52 Å². The summed E-state index contributed by atoms with van der Waals surface area (Å²) < 4.78 is 2.17. The molecule has 3 heteroatoms. The van der Waals surface area contributed by atoms with E-state index in [1.54, 1.807) is 0 Å². The summed E-state index contributed by atoms with van der Waals surface area (Å²) in [5, 5.41) is 2.52. The van der Waals surface area contributed by atoms with Gasteiger partial charge in [-0.05, 0) is 29.8 Å². The molecule has 21 heavy (non-hydrogen) atoms. The van der Waals surface area contributed by atoms with Crippen molar-refractivity contribution in [2.45, 2.75) is 0 Å². The van der Waals surface area contributed by atoms with Crippen LogP contribution in [0, 0.1) is 0 Å². The summed E-state index contributed by atoms with van der Waals surface area (Å²) in [5.74, 6) is 0. The molecule has 1 heterocycles. The van der Waals surface area contributed by atoms with Gasteiger partial charge in [-0.3, -0.25) is 0 Å². The van der Waals surface area contributed by atoms with E-state index in [0.717, 1.165) is 8.95 Å². The first-order chi connectivity index (χ1) is 10.2. The quantitative estimate of drug-likeness (QED) is 0.374. The van der Waals surface area contributed by atoms with Gasteiger partial charge in [0.25, 0.3) is 0 Å². The van der Waals surface area contributed by atoms with Crippen molar-refractivity contribution in [2.24, 2.45) is 0 Å². The fraction of sp³-hybridized carbons (Fsp3) is 0. The largest absolute Gasteiger partial charge is 0.354 e. The van der Waals surface area contributed by atoms with Gasteiger partial charge in [-0.1, -0.05) is 68.3 Å². The number of H-pyrrole nitrogens is 1. The molecule has 1 aromatic heterocycles. The molecule has 0 aliphatic carbocycles. The summed E-state index contributed by atoms with van der Waals surface area (Å²) in [5.41, 5.74) is 4.74. The Morgan fingerprint density at radius 2 is 1.52 bits per heavy atom. The summed E-state index contributed by atoms with van der Waals surface area (Å²) in [7, 11) is 0. The number of aromatic nitrogens is 1. The molecule has 0 saturated carbocycles. The Morgan fingerprint density at radius 3 is 2.43 bits per heavy atom. The van der Waals surface area contributed by atoms with Gasteiger partial charge in [-0.2, -0.15) is 0 Å². The molecular weight excluding hydrogens is 390 g/mol. The van der Waals surface area contributed by atoms with Gasteiger partial charge in [0, 0.05) is 30.8 Å². The Bertz CT molecular complexity index is 969. The van der Waals surface area contributed by atoms with E-state index in [2.05, 4.69) is 91.4 Å². The lowest BCUT2D eigenvalue weighted by Crippen LogP contribution is -1.82. The van der Waals surface area contributed by atoms with E-state index in [1.807, 2.05) is 6.07 Å². The minimum absolute atomic E-state index is 1.08. The van der Waals surface area contributed by atoms with E-state index < -0.39 is 0 Å². The maximum atomic E-state index is 3.66. The Labute approximate surface area is 139 Å². The number of aromatic amines is 1. The van der Waals surface area contributed by atoms with Crippen molar-refractivity contribution in [3.8, 4) is 11.1 Å². The van der Waals surface area contributed by atoms with Crippen LogP contribution in [0.25, 0.3) is 32.9 Å². The van der Waals surface area contributed by atoms with Crippen LogP contribution in [0.15, 0.2) is 69.6 Å². The topological polar surface area (TPSA) is 15.8 Å². The molecule has 4 rings (SSSR count). The van der Waals surface area contributed by atoms with Gasteiger partial charge in [-0.15, -0.1) is 0 Å². The van der Waals surface area contributed by atoms with Gasteiger partial charge in [-0.25, -0.2) is 0 Å². The highest BCUT2D eigenvalue weighted by Crippen LogP contribution is 2.37. The normalized spacial score (nSPS) is 11.3. The molecule has 0 saturated heterocycles. The van der Waals surface area contributed by atoms with Crippen LogP contribution >= 0.6 is 31.9 Å². The molecule has 4 aromatic rings. The predicted octanol–water partition coefficient (Wildman–Crippen LogP) is 6.51. The van der Waals surface area contributed by atoms with Crippen molar-refractivity contribution >= 4 is 53.7 Å². The van der Waals surface area contributed by atoms with Crippen LogP contribution in [0.5, 0.6) is 0 Å². The summed E-state index contributed by atoms with van der Waals surface area (Å²) in [6, 6.07) is 21.1. The Kier molecular flexibility index (Phi) is 3.12. The fourth-order valence-electron chi connectivity index (χ4n) is 2.80. The van der Waals surface area contributed by atoms with Gasteiger partial charge >= 0.3 is 0 Å². The van der Waals surface area contributed by atoms with Crippen molar-refractivity contribution in [3.05, 3.63) is 69.6 Å². The predicted molar refractivity (Wildman–Crippen MR) is 96.6 cm³/mol. The van der Waals surface area contributed by atoms with Gasteiger partial charge < -0.3 is 4.98 Å². The Balaban J connectivity index is 2.12. The molecule has 1 nitrogen and oxygen atoms in total. The van der Waals surface area contributed by atoms with Crippen molar-refractivity contribution in [2.75, 3.05) is 0 Å². The summed E-state index contributed by atoms with van der Waals surface area (Å²) in [6.07, 6.45) is 0. The summed E-state index contributed by atoms with van der Waals surface area (Å²) in [6.45, 7) is 0. The SMILES string of the molecule is Brc1ccc(Br)c(-c2cccc3c2[nH]c2ccccc23)c1. The van der Waals surface area contributed by atoms with E-state index in [1.165, 1.54) is 32.9 Å². The molecular formula is C18H11Br2N. The molecule has 0 fully saturated rings. The second kappa shape index (κ2) is 5.00. The zero-order chi connectivity index (χ0) is 14.4. The van der Waals surface area contributed by atoms with Gasteiger partial charge in [0.1, 0.15) is 0 Å². The molecule has 1 N–H and O–H groups in total. The maximum Gasteiger partial charge on any atom is 0.0544 e. The third-order valence-corrected chi connectivity index (χ3v) is 4.94. The van der Waals surface area contributed by atoms with Crippen LogP contribution < -0.4 is 0 Å². The number of hydrogen-bond acceptors (Lipinski definition) is 0. The molecule has 0 aliphatic heterocycles. The van der Waals surface area contributed by atoms with E-state index in [-0.39, 0.29) is 0 Å². The highest BCUT2D eigenvalue weighted by molar-refractivity contribution is 9.11. The second-order valence-electron chi connectivity index (χ2n) is 5.02. The number of benzene rings is 3. The lowest BCUT2D eigenvalue weighted by Gasteiger charge is -2.07. The zero-order valence-electron chi connectivity index (χ0n) is 11.0. The molecule has 0 radical (unpaired) electrons. The molecule has 0 amide bonds. The van der Waals surface area contributed by atoms with Crippen molar-refractivity contribution in [1.29, 1.82) is 0 Å². The average Bonchev–Trinajstić information content (AvgIpc) is 2.88.